The molecule has 1 aromatic heterocycles. The molecule has 130 valence electrons. The summed E-state index contributed by atoms with van der Waals surface area (Å²) in [6, 6.07) is 16.9. The molecule has 2 aromatic carbocycles. The van der Waals surface area contributed by atoms with E-state index in [2.05, 4.69) is 15.3 Å². The molecule has 25 heavy (non-hydrogen) atoms. The van der Waals surface area contributed by atoms with Crippen LogP contribution in [0.15, 0.2) is 54.6 Å². The van der Waals surface area contributed by atoms with Crippen molar-refractivity contribution in [1.82, 2.24) is 15.3 Å². The average Bonchev–Trinajstić information content (AvgIpc) is 3.06. The van der Waals surface area contributed by atoms with Crippen LogP contribution in [0.4, 0.5) is 0 Å². The maximum Gasteiger partial charge on any atom is 0.252 e. The van der Waals surface area contributed by atoms with Crippen LogP contribution in [0.25, 0.3) is 11.0 Å². The highest BCUT2D eigenvalue weighted by atomic mass is 16.3. The van der Waals surface area contributed by atoms with E-state index in [1.807, 2.05) is 68.4 Å². The van der Waals surface area contributed by atoms with Gasteiger partial charge in [-0.3, -0.25) is 4.79 Å². The lowest BCUT2D eigenvalue weighted by Gasteiger charge is -2.30. The van der Waals surface area contributed by atoms with Crippen molar-refractivity contribution in [3.05, 3.63) is 66.0 Å². The number of nitrogens with one attached hydrogen (secondary N) is 2. The van der Waals surface area contributed by atoms with E-state index in [1.54, 1.807) is 6.92 Å². The first-order valence-electron chi connectivity index (χ1n) is 8.42. The minimum atomic E-state index is -1.53. The normalized spacial score (nSPS) is 16.2. The number of hydrogen-bond acceptors (Lipinski definition) is 3. The van der Waals surface area contributed by atoms with Gasteiger partial charge in [0, 0.05) is 5.92 Å². The lowest BCUT2D eigenvalue weighted by Crippen LogP contribution is -2.48. The first kappa shape index (κ1) is 17.2. The van der Waals surface area contributed by atoms with Crippen LogP contribution >= 0.6 is 0 Å². The smallest absolute Gasteiger partial charge is 0.252 e. The highest BCUT2D eigenvalue weighted by Crippen LogP contribution is 2.28. The highest BCUT2D eigenvalue weighted by molar-refractivity contribution is 5.86. The summed E-state index contributed by atoms with van der Waals surface area (Å²) in [5, 5.41) is 13.7. The van der Waals surface area contributed by atoms with E-state index in [4.69, 9.17) is 0 Å². The van der Waals surface area contributed by atoms with Gasteiger partial charge >= 0.3 is 0 Å². The van der Waals surface area contributed by atoms with Gasteiger partial charge in [0.25, 0.3) is 5.91 Å². The van der Waals surface area contributed by atoms with Crippen molar-refractivity contribution in [2.24, 2.45) is 0 Å². The second-order valence-electron chi connectivity index (χ2n) is 6.61. The van der Waals surface area contributed by atoms with E-state index in [9.17, 15) is 9.90 Å². The molecular weight excluding hydrogens is 314 g/mol. The Labute approximate surface area is 147 Å². The first-order chi connectivity index (χ1) is 11.9. The number of carbonyl (C=O) groups excluding carboxylic acids is 1. The van der Waals surface area contributed by atoms with Gasteiger partial charge in [0.2, 0.25) is 0 Å². The van der Waals surface area contributed by atoms with Gasteiger partial charge in [0.05, 0.1) is 17.1 Å². The zero-order valence-electron chi connectivity index (χ0n) is 14.7. The maximum atomic E-state index is 12.7. The van der Waals surface area contributed by atoms with Crippen molar-refractivity contribution in [2.45, 2.75) is 38.3 Å². The number of benzene rings is 2. The Bertz CT molecular complexity index is 838. The van der Waals surface area contributed by atoms with Crippen molar-refractivity contribution in [3.63, 3.8) is 0 Å². The molecule has 0 saturated heterocycles. The van der Waals surface area contributed by atoms with Crippen molar-refractivity contribution in [1.29, 1.82) is 0 Å². The minimum Gasteiger partial charge on any atom is -0.380 e. The zero-order chi connectivity index (χ0) is 18.0. The highest BCUT2D eigenvalue weighted by Gasteiger charge is 2.38. The lowest BCUT2D eigenvalue weighted by atomic mass is 9.84. The summed E-state index contributed by atoms with van der Waals surface area (Å²) in [6.07, 6.45) is 0. The Kier molecular flexibility index (Phi) is 4.59. The van der Waals surface area contributed by atoms with Crippen LogP contribution in [-0.4, -0.2) is 26.6 Å². The van der Waals surface area contributed by atoms with Crippen LogP contribution in [-0.2, 0) is 4.79 Å². The van der Waals surface area contributed by atoms with Gasteiger partial charge in [-0.2, -0.15) is 0 Å². The summed E-state index contributed by atoms with van der Waals surface area (Å²) >= 11 is 0. The Morgan fingerprint density at radius 2 is 1.76 bits per heavy atom. The van der Waals surface area contributed by atoms with Crippen molar-refractivity contribution < 1.29 is 9.90 Å². The number of fused-ring (bicyclic) bond motifs is 1. The fourth-order valence-electron chi connectivity index (χ4n) is 2.85. The van der Waals surface area contributed by atoms with Crippen LogP contribution in [0.2, 0.25) is 0 Å². The van der Waals surface area contributed by atoms with Crippen LogP contribution < -0.4 is 5.32 Å². The predicted octanol–water partition coefficient (Wildman–Crippen LogP) is 3.29. The molecule has 0 saturated carbocycles. The molecule has 0 spiro atoms. The molecule has 3 rings (SSSR count). The van der Waals surface area contributed by atoms with Crippen LogP contribution in [0.1, 0.15) is 44.1 Å². The molecule has 5 nitrogen and oxygen atoms in total. The van der Waals surface area contributed by atoms with Gasteiger partial charge in [0.1, 0.15) is 11.4 Å². The van der Waals surface area contributed by atoms with Crippen molar-refractivity contribution in [2.75, 3.05) is 0 Å². The van der Waals surface area contributed by atoms with Crippen molar-refractivity contribution >= 4 is 16.9 Å². The third-order valence-corrected chi connectivity index (χ3v) is 4.77. The van der Waals surface area contributed by atoms with E-state index < -0.39 is 11.5 Å². The summed E-state index contributed by atoms with van der Waals surface area (Å²) in [5.41, 5.74) is 1.16. The average molecular weight is 337 g/mol. The molecule has 0 aliphatic heterocycles. The molecule has 0 aliphatic carbocycles. The molecule has 3 N–H and O–H groups in total. The molecule has 3 atom stereocenters. The SMILES string of the molecule is C[C@H](NC(=O)[C@](C)(O)[C@@H](C)c1ccccc1)c1nc2ccccc2[nH]1. The number of rotatable bonds is 5. The maximum absolute atomic E-state index is 12.7. The number of para-hydroxylation sites is 2. The number of H-pyrrole nitrogens is 1. The quantitative estimate of drug-likeness (QED) is 0.668. The second-order valence-corrected chi connectivity index (χ2v) is 6.61. The summed E-state index contributed by atoms with van der Waals surface area (Å²) in [6.45, 7) is 5.24. The number of hydrogen-bond donors (Lipinski definition) is 3. The monoisotopic (exact) mass is 337 g/mol. The second kappa shape index (κ2) is 6.69. The Morgan fingerprint density at radius 1 is 1.12 bits per heavy atom. The Balaban J connectivity index is 1.75. The molecule has 3 aromatic rings. The standard InChI is InChI=1S/C20H23N3O2/c1-13(15-9-5-4-6-10-15)20(3,25)19(24)21-14(2)18-22-16-11-7-8-12-17(16)23-18/h4-14,25H,1-3H3,(H,21,24)(H,22,23)/t13-,14-,20+/m0/s1. The fraction of sp³-hybridized carbons (Fsp3) is 0.300. The summed E-state index contributed by atoms with van der Waals surface area (Å²) in [7, 11) is 0. The first-order valence-corrected chi connectivity index (χ1v) is 8.42. The number of imidazole rings is 1. The Morgan fingerprint density at radius 3 is 2.44 bits per heavy atom. The fourth-order valence-corrected chi connectivity index (χ4v) is 2.85. The number of carbonyl (C=O) groups is 1. The van der Waals surface area contributed by atoms with Crippen LogP contribution in [0.5, 0.6) is 0 Å². The summed E-state index contributed by atoms with van der Waals surface area (Å²) in [5.74, 6) is -0.0916. The molecule has 1 amide bonds. The van der Waals surface area contributed by atoms with Gasteiger partial charge in [-0.25, -0.2) is 4.98 Å². The van der Waals surface area contributed by atoms with E-state index >= 15 is 0 Å². The number of aliphatic hydroxyl groups is 1. The third-order valence-electron chi connectivity index (χ3n) is 4.77. The molecule has 0 unspecified atom stereocenters. The number of aromatic nitrogens is 2. The summed E-state index contributed by atoms with van der Waals surface area (Å²) < 4.78 is 0. The molecular formula is C20H23N3O2. The molecule has 1 heterocycles. The lowest BCUT2D eigenvalue weighted by molar-refractivity contribution is -0.140. The topological polar surface area (TPSA) is 78.0 Å². The largest absolute Gasteiger partial charge is 0.380 e. The van der Waals surface area contributed by atoms with E-state index in [0.29, 0.717) is 5.82 Å². The van der Waals surface area contributed by atoms with Crippen LogP contribution in [0, 0.1) is 0 Å². The van der Waals surface area contributed by atoms with E-state index in [-0.39, 0.29) is 12.0 Å². The van der Waals surface area contributed by atoms with Gasteiger partial charge in [0.15, 0.2) is 0 Å². The van der Waals surface area contributed by atoms with Crippen LogP contribution in [0.3, 0.4) is 0 Å². The molecule has 0 bridgehead atoms. The van der Waals surface area contributed by atoms with Gasteiger partial charge in [-0.15, -0.1) is 0 Å². The molecule has 0 aliphatic rings. The minimum absolute atomic E-state index is 0.337. The number of aromatic amines is 1. The van der Waals surface area contributed by atoms with E-state index in [1.165, 1.54) is 0 Å². The molecule has 0 fully saturated rings. The van der Waals surface area contributed by atoms with Gasteiger partial charge in [-0.1, -0.05) is 49.4 Å². The predicted molar refractivity (Wildman–Crippen MR) is 98.1 cm³/mol. The van der Waals surface area contributed by atoms with Gasteiger partial charge < -0.3 is 15.4 Å². The molecule has 5 heteroatoms. The van der Waals surface area contributed by atoms with Crippen molar-refractivity contribution in [3.8, 4) is 0 Å². The summed E-state index contributed by atoms with van der Waals surface area (Å²) in [4.78, 5) is 20.4. The molecule has 0 radical (unpaired) electrons. The zero-order valence-corrected chi connectivity index (χ0v) is 14.7. The number of amides is 1. The Hall–Kier alpha value is -2.66. The third kappa shape index (κ3) is 3.42. The number of nitrogens with zero attached hydrogens (tertiary/aromatic N) is 1. The van der Waals surface area contributed by atoms with E-state index in [0.717, 1.165) is 16.6 Å². The van der Waals surface area contributed by atoms with Gasteiger partial charge in [-0.05, 0) is 31.5 Å².